The molecule has 4 rings (SSSR count). The molecule has 2 heterocycles. The van der Waals surface area contributed by atoms with Gasteiger partial charge in [-0.15, -0.1) is 0 Å². The van der Waals surface area contributed by atoms with Crippen molar-refractivity contribution in [1.29, 1.82) is 0 Å². The summed E-state index contributed by atoms with van der Waals surface area (Å²) in [6.07, 6.45) is 2.05. The van der Waals surface area contributed by atoms with Gasteiger partial charge < -0.3 is 10.5 Å². The topological polar surface area (TPSA) is 68.9 Å². The van der Waals surface area contributed by atoms with Crippen LogP contribution in [0.25, 0.3) is 22.2 Å². The van der Waals surface area contributed by atoms with Crippen molar-refractivity contribution in [2.24, 2.45) is 0 Å². The molecule has 0 bridgehead atoms. The van der Waals surface area contributed by atoms with Gasteiger partial charge in [-0.3, -0.25) is 4.79 Å². The molecular weight excluding hydrogens is 362 g/mol. The smallest absolute Gasteiger partial charge is 0.252 e. The third kappa shape index (κ3) is 3.80. The zero-order valence-corrected chi connectivity index (χ0v) is 16.1. The quantitative estimate of drug-likeness (QED) is 0.410. The highest BCUT2D eigenvalue weighted by molar-refractivity contribution is 6.07. The molecule has 0 aliphatic heterocycles. The lowest BCUT2D eigenvalue weighted by Gasteiger charge is -2.17. The summed E-state index contributed by atoms with van der Waals surface area (Å²) in [7, 11) is 0. The van der Waals surface area contributed by atoms with Crippen molar-refractivity contribution in [2.45, 2.75) is 19.4 Å². The fourth-order valence-corrected chi connectivity index (χ4v) is 3.45. The second-order valence-corrected chi connectivity index (χ2v) is 6.82. The Morgan fingerprint density at radius 2 is 1.76 bits per heavy atom. The highest BCUT2D eigenvalue weighted by Crippen LogP contribution is 2.25. The zero-order valence-electron chi connectivity index (χ0n) is 16.1. The highest BCUT2D eigenvalue weighted by atomic mass is 16.5. The van der Waals surface area contributed by atoms with Crippen LogP contribution in [0.5, 0.6) is 0 Å². The largest absolute Gasteiger partial charge is 0.618 e. The molecule has 144 valence electrons. The maximum absolute atomic E-state index is 13.2. The lowest BCUT2D eigenvalue weighted by Crippen LogP contribution is -2.39. The molecule has 0 aliphatic rings. The first-order valence-corrected chi connectivity index (χ1v) is 9.61. The van der Waals surface area contributed by atoms with E-state index < -0.39 is 0 Å². The van der Waals surface area contributed by atoms with E-state index in [9.17, 15) is 10.0 Å². The van der Waals surface area contributed by atoms with Gasteiger partial charge in [0.15, 0.2) is 6.20 Å². The molecule has 1 N–H and O–H groups in total. The number of carbonyl (C=O) groups is 1. The van der Waals surface area contributed by atoms with E-state index in [1.54, 1.807) is 18.2 Å². The highest BCUT2D eigenvalue weighted by Gasteiger charge is 2.22. The van der Waals surface area contributed by atoms with Gasteiger partial charge in [0.25, 0.3) is 5.91 Å². The van der Waals surface area contributed by atoms with Crippen molar-refractivity contribution in [3.05, 3.63) is 102 Å². The molecule has 29 heavy (non-hydrogen) atoms. The summed E-state index contributed by atoms with van der Waals surface area (Å²) < 4.78 is 0.800. The van der Waals surface area contributed by atoms with Crippen molar-refractivity contribution >= 4 is 16.8 Å². The van der Waals surface area contributed by atoms with Crippen LogP contribution in [0.4, 0.5) is 0 Å². The van der Waals surface area contributed by atoms with Crippen LogP contribution in [-0.4, -0.2) is 10.9 Å². The molecule has 0 fully saturated rings. The summed E-state index contributed by atoms with van der Waals surface area (Å²) in [6, 6.07) is 24.0. The Balaban J connectivity index is 1.76. The maximum Gasteiger partial charge on any atom is 0.252 e. The standard InChI is InChI=1S/C24H21N3O2/c1-2-20(23-14-8-9-15-27(23)29)26-24(28)19-16-22(17-10-4-3-5-11-17)25-21-13-7-6-12-18(19)21/h3-16,20H,2H2,1H3,(H,26,28). The van der Waals surface area contributed by atoms with Gasteiger partial charge in [0.1, 0.15) is 6.04 Å². The molecule has 1 amide bonds. The van der Waals surface area contributed by atoms with Crippen molar-refractivity contribution in [3.63, 3.8) is 0 Å². The molecule has 5 nitrogen and oxygen atoms in total. The Bertz CT molecular complexity index is 1160. The minimum atomic E-state index is -0.381. The fraction of sp³-hybridized carbons (Fsp3) is 0.125. The van der Waals surface area contributed by atoms with Gasteiger partial charge in [0, 0.05) is 23.1 Å². The summed E-state index contributed by atoms with van der Waals surface area (Å²) in [4.78, 5) is 18.0. The zero-order chi connectivity index (χ0) is 20.2. The van der Waals surface area contributed by atoms with Crippen LogP contribution in [0.1, 0.15) is 35.4 Å². The second kappa shape index (κ2) is 8.10. The molecule has 0 saturated heterocycles. The Morgan fingerprint density at radius 3 is 2.52 bits per heavy atom. The monoisotopic (exact) mass is 383 g/mol. The van der Waals surface area contributed by atoms with Gasteiger partial charge in [-0.25, -0.2) is 4.98 Å². The van der Waals surface area contributed by atoms with Crippen molar-refractivity contribution in [3.8, 4) is 11.3 Å². The first kappa shape index (κ1) is 18.6. The summed E-state index contributed by atoms with van der Waals surface area (Å²) in [5.41, 5.74) is 3.50. The van der Waals surface area contributed by atoms with Crippen LogP contribution in [0.15, 0.2) is 85.1 Å². The number of para-hydroxylation sites is 1. The molecule has 2 aromatic carbocycles. The van der Waals surface area contributed by atoms with E-state index in [0.29, 0.717) is 17.7 Å². The molecule has 0 spiro atoms. The predicted molar refractivity (Wildman–Crippen MR) is 113 cm³/mol. The van der Waals surface area contributed by atoms with Crippen LogP contribution >= 0.6 is 0 Å². The lowest BCUT2D eigenvalue weighted by atomic mass is 10.0. The molecule has 2 aromatic heterocycles. The summed E-state index contributed by atoms with van der Waals surface area (Å²) in [5.74, 6) is -0.225. The van der Waals surface area contributed by atoms with E-state index in [4.69, 9.17) is 4.98 Å². The number of nitrogens with zero attached hydrogens (tertiary/aromatic N) is 2. The van der Waals surface area contributed by atoms with Gasteiger partial charge in [0.2, 0.25) is 5.69 Å². The molecule has 0 saturated carbocycles. The minimum absolute atomic E-state index is 0.225. The summed E-state index contributed by atoms with van der Waals surface area (Å²) >= 11 is 0. The van der Waals surface area contributed by atoms with Crippen molar-refractivity contribution in [1.82, 2.24) is 10.3 Å². The molecule has 4 aromatic rings. The first-order chi connectivity index (χ1) is 14.2. The van der Waals surface area contributed by atoms with Gasteiger partial charge in [-0.1, -0.05) is 55.5 Å². The summed E-state index contributed by atoms with van der Waals surface area (Å²) in [6.45, 7) is 1.94. The Kier molecular flexibility index (Phi) is 5.20. The number of carbonyl (C=O) groups excluding carboxylic acids is 1. The molecular formula is C24H21N3O2. The van der Waals surface area contributed by atoms with Crippen LogP contribution < -0.4 is 10.0 Å². The number of pyridine rings is 2. The van der Waals surface area contributed by atoms with E-state index in [1.807, 2.05) is 67.6 Å². The van der Waals surface area contributed by atoms with Gasteiger partial charge >= 0.3 is 0 Å². The first-order valence-electron chi connectivity index (χ1n) is 9.61. The molecule has 1 unspecified atom stereocenters. The average molecular weight is 383 g/mol. The molecule has 5 heteroatoms. The Labute approximate surface area is 169 Å². The van der Waals surface area contributed by atoms with Gasteiger partial charge in [-0.05, 0) is 24.6 Å². The maximum atomic E-state index is 13.2. The third-order valence-corrected chi connectivity index (χ3v) is 4.95. The van der Waals surface area contributed by atoms with E-state index in [0.717, 1.165) is 26.9 Å². The van der Waals surface area contributed by atoms with Crippen LogP contribution in [0.2, 0.25) is 0 Å². The second-order valence-electron chi connectivity index (χ2n) is 6.82. The minimum Gasteiger partial charge on any atom is -0.618 e. The number of hydrogen-bond donors (Lipinski definition) is 1. The van der Waals surface area contributed by atoms with E-state index in [-0.39, 0.29) is 11.9 Å². The van der Waals surface area contributed by atoms with Gasteiger partial charge in [0.05, 0.1) is 16.8 Å². The number of benzene rings is 2. The van der Waals surface area contributed by atoms with E-state index >= 15 is 0 Å². The number of hydrogen-bond acceptors (Lipinski definition) is 3. The number of aromatic nitrogens is 2. The van der Waals surface area contributed by atoms with Crippen molar-refractivity contribution in [2.75, 3.05) is 0 Å². The van der Waals surface area contributed by atoms with E-state index in [1.165, 1.54) is 6.20 Å². The van der Waals surface area contributed by atoms with Crippen LogP contribution in [-0.2, 0) is 0 Å². The SMILES string of the molecule is CCC(NC(=O)c1cc(-c2ccccc2)nc2ccccc12)c1cccc[n+]1[O-]. The number of nitrogens with one attached hydrogen (secondary N) is 1. The van der Waals surface area contributed by atoms with E-state index in [2.05, 4.69) is 5.32 Å². The Hall–Kier alpha value is -3.73. The fourth-order valence-electron chi connectivity index (χ4n) is 3.45. The van der Waals surface area contributed by atoms with Crippen LogP contribution in [0.3, 0.4) is 0 Å². The number of fused-ring (bicyclic) bond motifs is 1. The Morgan fingerprint density at radius 1 is 1.03 bits per heavy atom. The number of amides is 1. The summed E-state index contributed by atoms with van der Waals surface area (Å²) in [5, 5.41) is 15.9. The lowest BCUT2D eigenvalue weighted by molar-refractivity contribution is -0.616. The normalized spacial score (nSPS) is 11.9. The third-order valence-electron chi connectivity index (χ3n) is 4.95. The predicted octanol–water partition coefficient (Wildman–Crippen LogP) is 4.42. The van der Waals surface area contributed by atoms with Gasteiger partial charge in [-0.2, -0.15) is 4.73 Å². The van der Waals surface area contributed by atoms with Crippen LogP contribution in [0, 0.1) is 5.21 Å². The molecule has 0 aliphatic carbocycles. The van der Waals surface area contributed by atoms with Crippen molar-refractivity contribution < 1.29 is 9.52 Å². The molecule has 1 atom stereocenters. The number of rotatable bonds is 5. The average Bonchev–Trinajstić information content (AvgIpc) is 2.77. The molecule has 0 radical (unpaired) electrons.